The second-order valence-corrected chi connectivity index (χ2v) is 15.6. The molecule has 1 fully saturated rings. The van der Waals surface area contributed by atoms with Gasteiger partial charge in [0.1, 0.15) is 19.2 Å². The van der Waals surface area contributed by atoms with E-state index in [9.17, 15) is 0 Å². The Balaban J connectivity index is 1.48. The first-order valence-electron chi connectivity index (χ1n) is 11.5. The highest BCUT2D eigenvalue weighted by molar-refractivity contribution is 6.76. The Morgan fingerprint density at radius 2 is 2.13 bits per heavy atom. The van der Waals surface area contributed by atoms with Crippen molar-refractivity contribution in [1.29, 1.82) is 0 Å². The van der Waals surface area contributed by atoms with E-state index in [1.54, 1.807) is 0 Å². The maximum absolute atomic E-state index is 5.96. The predicted molar refractivity (Wildman–Crippen MR) is 129 cm³/mol. The highest BCUT2D eigenvalue weighted by Crippen LogP contribution is 2.36. The zero-order valence-corrected chi connectivity index (χ0v) is 20.1. The molecule has 0 saturated heterocycles. The van der Waals surface area contributed by atoms with Gasteiger partial charge in [-0.25, -0.2) is 0 Å². The number of aromatic nitrogens is 3. The summed E-state index contributed by atoms with van der Waals surface area (Å²) in [6.07, 6.45) is 17.7. The van der Waals surface area contributed by atoms with Gasteiger partial charge >= 0.3 is 0 Å². The van der Waals surface area contributed by atoms with E-state index in [0.29, 0.717) is 19.3 Å². The SMILES string of the molecule is C#CCC(C1CCCC1)n1cc(C2=NCNc3c2ccn3COCC[Si](C)(C)C)cn1. The van der Waals surface area contributed by atoms with Gasteiger partial charge in [-0.1, -0.05) is 32.5 Å². The molecule has 166 valence electrons. The number of fused-ring (bicyclic) bond motifs is 1. The van der Waals surface area contributed by atoms with Gasteiger partial charge in [-0.3, -0.25) is 9.67 Å². The lowest BCUT2D eigenvalue weighted by molar-refractivity contribution is 0.0887. The first-order chi connectivity index (χ1) is 15.0. The average molecular weight is 438 g/mol. The molecular formula is C24H35N5OSi. The van der Waals surface area contributed by atoms with Crippen molar-refractivity contribution < 1.29 is 4.74 Å². The topological polar surface area (TPSA) is 56.4 Å². The molecule has 1 aliphatic heterocycles. The van der Waals surface area contributed by atoms with Crippen LogP contribution < -0.4 is 5.32 Å². The molecule has 0 amide bonds. The Kier molecular flexibility index (Phi) is 6.68. The third-order valence-electron chi connectivity index (χ3n) is 6.41. The molecule has 31 heavy (non-hydrogen) atoms. The molecule has 0 radical (unpaired) electrons. The summed E-state index contributed by atoms with van der Waals surface area (Å²) in [6, 6.07) is 3.58. The summed E-state index contributed by atoms with van der Waals surface area (Å²) in [7, 11) is -1.08. The van der Waals surface area contributed by atoms with E-state index >= 15 is 0 Å². The minimum absolute atomic E-state index is 0.285. The number of hydrogen-bond donors (Lipinski definition) is 1. The van der Waals surface area contributed by atoms with Crippen molar-refractivity contribution in [3.8, 4) is 12.3 Å². The van der Waals surface area contributed by atoms with Gasteiger partial charge in [0.2, 0.25) is 0 Å². The Bertz CT molecular complexity index is 956. The second kappa shape index (κ2) is 9.45. The van der Waals surface area contributed by atoms with Crippen LogP contribution in [0.5, 0.6) is 0 Å². The minimum atomic E-state index is -1.08. The number of rotatable bonds is 9. The zero-order chi connectivity index (χ0) is 21.8. The summed E-state index contributed by atoms with van der Waals surface area (Å²) < 4.78 is 10.2. The molecule has 2 aromatic rings. The summed E-state index contributed by atoms with van der Waals surface area (Å²) in [5, 5.41) is 8.12. The smallest absolute Gasteiger partial charge is 0.124 e. The fraction of sp³-hybridized carbons (Fsp3) is 0.583. The quantitative estimate of drug-likeness (QED) is 0.342. The van der Waals surface area contributed by atoms with Crippen LogP contribution in [0.25, 0.3) is 0 Å². The summed E-state index contributed by atoms with van der Waals surface area (Å²) in [5.74, 6) is 4.57. The molecule has 1 unspecified atom stereocenters. The third-order valence-corrected chi connectivity index (χ3v) is 8.12. The van der Waals surface area contributed by atoms with Crippen LogP contribution in [0, 0.1) is 18.3 Å². The highest BCUT2D eigenvalue weighted by Gasteiger charge is 2.27. The van der Waals surface area contributed by atoms with Gasteiger partial charge in [-0.05, 0) is 30.9 Å². The van der Waals surface area contributed by atoms with Crippen molar-refractivity contribution >= 4 is 19.6 Å². The van der Waals surface area contributed by atoms with Crippen molar-refractivity contribution in [3.63, 3.8) is 0 Å². The normalized spacial score (nSPS) is 17.7. The molecule has 2 aliphatic rings. The molecule has 1 N–H and O–H groups in total. The molecule has 1 aliphatic carbocycles. The van der Waals surface area contributed by atoms with Crippen LogP contribution in [0.15, 0.2) is 29.6 Å². The lowest BCUT2D eigenvalue weighted by atomic mass is 9.96. The Morgan fingerprint density at radius 3 is 2.87 bits per heavy atom. The van der Waals surface area contributed by atoms with Crippen molar-refractivity contribution in [2.45, 2.75) is 70.6 Å². The standard InChI is InChI=1S/C24H35N5OSi/c1-5-8-22(19-9-6-7-10-19)29-16-20(15-27-29)23-21-11-12-28(24(21)26-17-25-23)18-30-13-14-31(2,3)4/h1,11-12,15-16,19,22,26H,6-10,13-14,17-18H2,2-4H3. The van der Waals surface area contributed by atoms with Crippen LogP contribution in [0.4, 0.5) is 5.82 Å². The lowest BCUT2D eigenvalue weighted by Crippen LogP contribution is -2.22. The molecule has 1 atom stereocenters. The molecule has 6 nitrogen and oxygen atoms in total. The number of nitrogens with one attached hydrogen (secondary N) is 1. The monoisotopic (exact) mass is 437 g/mol. The van der Waals surface area contributed by atoms with Crippen molar-refractivity contribution in [2.75, 3.05) is 18.6 Å². The zero-order valence-electron chi connectivity index (χ0n) is 19.1. The predicted octanol–water partition coefficient (Wildman–Crippen LogP) is 4.97. The molecule has 0 bridgehead atoms. The van der Waals surface area contributed by atoms with Crippen LogP contribution >= 0.6 is 0 Å². The third kappa shape index (κ3) is 5.13. The van der Waals surface area contributed by atoms with E-state index in [1.807, 2.05) is 6.20 Å². The van der Waals surface area contributed by atoms with Gasteiger partial charge in [0.05, 0.1) is 18.0 Å². The van der Waals surface area contributed by atoms with Crippen molar-refractivity contribution in [2.24, 2.45) is 10.9 Å². The van der Waals surface area contributed by atoms with E-state index in [4.69, 9.17) is 21.3 Å². The van der Waals surface area contributed by atoms with Gasteiger partial charge in [0, 0.05) is 44.6 Å². The number of terminal acetylenes is 1. The van der Waals surface area contributed by atoms with Gasteiger partial charge in [-0.2, -0.15) is 5.10 Å². The van der Waals surface area contributed by atoms with Crippen LogP contribution in [0.1, 0.15) is 49.3 Å². The highest BCUT2D eigenvalue weighted by atomic mass is 28.3. The minimum Gasteiger partial charge on any atom is -0.361 e. The van der Waals surface area contributed by atoms with Crippen LogP contribution in [-0.4, -0.2) is 41.4 Å². The van der Waals surface area contributed by atoms with Crippen LogP contribution in [0.3, 0.4) is 0 Å². The first kappa shape index (κ1) is 21.9. The first-order valence-corrected chi connectivity index (χ1v) is 15.2. The van der Waals surface area contributed by atoms with Gasteiger partial charge < -0.3 is 14.6 Å². The lowest BCUT2D eigenvalue weighted by Gasteiger charge is -2.22. The Labute approximate surface area is 187 Å². The van der Waals surface area contributed by atoms with Crippen LogP contribution in [-0.2, 0) is 11.5 Å². The number of nitrogens with zero attached hydrogens (tertiary/aromatic N) is 4. The van der Waals surface area contributed by atoms with Gasteiger partial charge in [0.15, 0.2) is 0 Å². The summed E-state index contributed by atoms with van der Waals surface area (Å²) in [4.78, 5) is 4.76. The average Bonchev–Trinajstić information content (AvgIpc) is 3.50. The fourth-order valence-electron chi connectivity index (χ4n) is 4.62. The van der Waals surface area contributed by atoms with E-state index in [0.717, 1.165) is 35.7 Å². The van der Waals surface area contributed by atoms with E-state index in [1.165, 1.54) is 31.7 Å². The molecular weight excluding hydrogens is 402 g/mol. The number of ether oxygens (including phenoxy) is 1. The molecule has 0 spiro atoms. The summed E-state index contributed by atoms with van der Waals surface area (Å²) in [5.41, 5.74) is 3.15. The number of anilines is 1. The number of aliphatic imine (C=N–C) groups is 1. The molecule has 0 aromatic carbocycles. The van der Waals surface area contributed by atoms with Gasteiger partial charge in [0.25, 0.3) is 0 Å². The number of hydrogen-bond acceptors (Lipinski definition) is 4. The molecule has 4 rings (SSSR count). The van der Waals surface area contributed by atoms with Crippen molar-refractivity contribution in [3.05, 3.63) is 35.8 Å². The Hall–Kier alpha value is -2.30. The van der Waals surface area contributed by atoms with E-state index in [-0.39, 0.29) is 6.04 Å². The molecule has 2 aromatic heterocycles. The molecule has 1 saturated carbocycles. The van der Waals surface area contributed by atoms with Crippen LogP contribution in [0.2, 0.25) is 25.7 Å². The maximum atomic E-state index is 5.96. The molecule has 3 heterocycles. The summed E-state index contributed by atoms with van der Waals surface area (Å²) >= 11 is 0. The van der Waals surface area contributed by atoms with Crippen molar-refractivity contribution in [1.82, 2.24) is 14.3 Å². The maximum Gasteiger partial charge on any atom is 0.124 e. The Morgan fingerprint density at radius 1 is 1.32 bits per heavy atom. The fourth-order valence-corrected chi connectivity index (χ4v) is 5.37. The largest absolute Gasteiger partial charge is 0.361 e. The second-order valence-electron chi connectivity index (χ2n) is 9.97. The molecule has 7 heteroatoms. The van der Waals surface area contributed by atoms with Gasteiger partial charge in [-0.15, -0.1) is 12.3 Å². The van der Waals surface area contributed by atoms with E-state index in [2.05, 4.69) is 58.6 Å². The van der Waals surface area contributed by atoms with E-state index < -0.39 is 8.07 Å². The summed E-state index contributed by atoms with van der Waals surface area (Å²) in [6.45, 7) is 9.06.